The van der Waals surface area contributed by atoms with Crippen LogP contribution < -0.4 is 21.9 Å². The van der Waals surface area contributed by atoms with Gasteiger partial charge in [-0.2, -0.15) is 5.10 Å². The lowest BCUT2D eigenvalue weighted by Crippen LogP contribution is -2.43. The van der Waals surface area contributed by atoms with Gasteiger partial charge in [0.25, 0.3) is 5.91 Å². The molecule has 9 heteroatoms. The van der Waals surface area contributed by atoms with Gasteiger partial charge >= 0.3 is 0 Å². The van der Waals surface area contributed by atoms with E-state index in [1.165, 1.54) is 10.9 Å². The Bertz CT molecular complexity index is 926. The number of nitrogens with one attached hydrogen (secondary N) is 3. The summed E-state index contributed by atoms with van der Waals surface area (Å²) >= 11 is 11.0. The smallest absolute Gasteiger partial charge is 0.275 e. The number of hydrazine groups is 1. The molecule has 1 aromatic heterocycles. The number of nitrogens with two attached hydrogens (primary N) is 1. The number of anilines is 2. The highest BCUT2D eigenvalue weighted by molar-refractivity contribution is 7.80. The van der Waals surface area contributed by atoms with Crippen LogP contribution in [0.3, 0.4) is 0 Å². The topological polar surface area (TPSA) is 97.0 Å². The van der Waals surface area contributed by atoms with E-state index < -0.39 is 5.91 Å². The van der Waals surface area contributed by atoms with Crippen molar-refractivity contribution >= 4 is 46.3 Å². The highest BCUT2D eigenvalue weighted by atomic mass is 35.5. The van der Waals surface area contributed by atoms with Gasteiger partial charge in [0.15, 0.2) is 5.11 Å². The summed E-state index contributed by atoms with van der Waals surface area (Å²) in [6.07, 6.45) is 1.40. The van der Waals surface area contributed by atoms with Crippen LogP contribution in [0.1, 0.15) is 10.4 Å². The lowest BCUT2D eigenvalue weighted by Gasteiger charge is -2.11. The second-order valence-corrected chi connectivity index (χ2v) is 6.08. The molecule has 0 saturated carbocycles. The lowest BCUT2D eigenvalue weighted by atomic mass is 10.3. The lowest BCUT2D eigenvalue weighted by molar-refractivity contribution is 0.0945. The summed E-state index contributed by atoms with van der Waals surface area (Å²) in [7, 11) is 0. The highest BCUT2D eigenvalue weighted by Crippen LogP contribution is 2.16. The van der Waals surface area contributed by atoms with Crippen molar-refractivity contribution in [1.82, 2.24) is 20.6 Å². The van der Waals surface area contributed by atoms with E-state index in [1.54, 1.807) is 24.3 Å². The quantitative estimate of drug-likeness (QED) is 0.408. The van der Waals surface area contributed by atoms with Crippen molar-refractivity contribution in [3.05, 3.63) is 71.4 Å². The van der Waals surface area contributed by atoms with Crippen LogP contribution in [0.5, 0.6) is 0 Å². The number of aromatic nitrogens is 2. The van der Waals surface area contributed by atoms with Gasteiger partial charge in [-0.25, -0.2) is 4.68 Å². The Morgan fingerprint density at radius 1 is 1.08 bits per heavy atom. The van der Waals surface area contributed by atoms with Gasteiger partial charge in [-0.1, -0.05) is 29.8 Å². The number of thiocarbonyl (C=S) groups is 1. The first kappa shape index (κ1) is 17.7. The second-order valence-electron chi connectivity index (χ2n) is 5.23. The SMILES string of the molecule is Nc1c(C(=O)NNC(=S)Nc2ccc(Cl)cc2)cnn1-c1ccccc1. The molecule has 1 amide bonds. The monoisotopic (exact) mass is 386 g/mol. The predicted molar refractivity (Wildman–Crippen MR) is 106 cm³/mol. The Morgan fingerprint density at radius 3 is 2.46 bits per heavy atom. The summed E-state index contributed by atoms with van der Waals surface area (Å²) in [4.78, 5) is 12.3. The number of para-hydroxylation sites is 1. The Labute approximate surface area is 160 Å². The number of rotatable bonds is 3. The minimum absolute atomic E-state index is 0.217. The molecule has 3 aromatic rings. The number of amides is 1. The van der Waals surface area contributed by atoms with E-state index in [9.17, 15) is 4.79 Å². The molecule has 0 bridgehead atoms. The normalized spacial score (nSPS) is 10.2. The van der Waals surface area contributed by atoms with Crippen molar-refractivity contribution in [3.8, 4) is 5.69 Å². The standard InChI is InChI=1S/C17H15ClN6OS/c18-11-6-8-12(9-7-11)21-17(26)23-22-16(25)14-10-20-24(15(14)19)13-4-2-1-3-5-13/h1-10H,19H2,(H,22,25)(H2,21,23,26). The molecule has 5 N–H and O–H groups in total. The Balaban J connectivity index is 1.61. The summed E-state index contributed by atoms with van der Waals surface area (Å²) in [5.41, 5.74) is 12.9. The van der Waals surface area contributed by atoms with Gasteiger partial charge in [0.1, 0.15) is 11.4 Å². The average Bonchev–Trinajstić information content (AvgIpc) is 3.04. The zero-order valence-electron chi connectivity index (χ0n) is 13.4. The summed E-state index contributed by atoms with van der Waals surface area (Å²) in [5.74, 6) is -0.225. The van der Waals surface area contributed by atoms with Gasteiger partial charge in [-0.05, 0) is 48.6 Å². The van der Waals surface area contributed by atoms with Crippen molar-refractivity contribution in [2.24, 2.45) is 0 Å². The van der Waals surface area contributed by atoms with E-state index in [0.717, 1.165) is 11.4 Å². The van der Waals surface area contributed by atoms with Crippen molar-refractivity contribution < 1.29 is 4.79 Å². The number of carbonyl (C=O) groups excluding carboxylic acids is 1. The maximum Gasteiger partial charge on any atom is 0.275 e. The number of hydrogen-bond acceptors (Lipinski definition) is 4. The molecule has 0 aliphatic carbocycles. The molecular weight excluding hydrogens is 372 g/mol. The Kier molecular flexibility index (Phi) is 5.35. The van der Waals surface area contributed by atoms with Crippen LogP contribution in [0, 0.1) is 0 Å². The maximum atomic E-state index is 12.3. The third kappa shape index (κ3) is 4.11. The fourth-order valence-electron chi connectivity index (χ4n) is 2.18. The molecule has 0 aliphatic heterocycles. The van der Waals surface area contributed by atoms with E-state index >= 15 is 0 Å². The Hall–Kier alpha value is -3.10. The molecule has 1 heterocycles. The third-order valence-electron chi connectivity index (χ3n) is 3.44. The molecule has 0 unspecified atom stereocenters. The van der Waals surface area contributed by atoms with Gasteiger partial charge in [0.2, 0.25) is 0 Å². The number of carbonyl (C=O) groups is 1. The van der Waals surface area contributed by atoms with E-state index in [1.807, 2.05) is 30.3 Å². The summed E-state index contributed by atoms with van der Waals surface area (Å²) < 4.78 is 1.49. The Morgan fingerprint density at radius 2 is 1.77 bits per heavy atom. The van der Waals surface area contributed by atoms with Gasteiger partial charge in [0.05, 0.1) is 11.9 Å². The van der Waals surface area contributed by atoms with Crippen molar-refractivity contribution in [1.29, 1.82) is 0 Å². The zero-order chi connectivity index (χ0) is 18.5. The first-order valence-corrected chi connectivity index (χ1v) is 8.35. The first-order valence-electron chi connectivity index (χ1n) is 7.56. The van der Waals surface area contributed by atoms with Crippen LogP contribution in [0.15, 0.2) is 60.8 Å². The fraction of sp³-hybridized carbons (Fsp3) is 0. The van der Waals surface area contributed by atoms with E-state index in [4.69, 9.17) is 29.6 Å². The van der Waals surface area contributed by atoms with Crippen LogP contribution in [0.4, 0.5) is 11.5 Å². The third-order valence-corrected chi connectivity index (χ3v) is 3.90. The van der Waals surface area contributed by atoms with Gasteiger partial charge in [-0.3, -0.25) is 15.6 Å². The van der Waals surface area contributed by atoms with E-state index in [2.05, 4.69) is 21.3 Å². The number of hydrogen-bond donors (Lipinski definition) is 4. The maximum absolute atomic E-state index is 12.3. The average molecular weight is 387 g/mol. The molecular formula is C17H15ClN6OS. The van der Waals surface area contributed by atoms with Crippen LogP contribution in [-0.4, -0.2) is 20.8 Å². The van der Waals surface area contributed by atoms with Gasteiger partial charge in [-0.15, -0.1) is 0 Å². The van der Waals surface area contributed by atoms with E-state index in [-0.39, 0.29) is 16.5 Å². The molecule has 0 saturated heterocycles. The zero-order valence-corrected chi connectivity index (χ0v) is 15.0. The van der Waals surface area contributed by atoms with Crippen molar-refractivity contribution in [3.63, 3.8) is 0 Å². The summed E-state index contributed by atoms with van der Waals surface area (Å²) in [5, 5.41) is 7.91. The number of nitrogen functional groups attached to an aromatic ring is 1. The van der Waals surface area contributed by atoms with Crippen LogP contribution in [0.2, 0.25) is 5.02 Å². The molecule has 0 fully saturated rings. The number of nitrogens with zero attached hydrogens (tertiary/aromatic N) is 2. The van der Waals surface area contributed by atoms with Crippen LogP contribution in [-0.2, 0) is 0 Å². The molecule has 0 atom stereocenters. The van der Waals surface area contributed by atoms with Crippen molar-refractivity contribution in [2.75, 3.05) is 11.1 Å². The van der Waals surface area contributed by atoms with Crippen LogP contribution in [0.25, 0.3) is 5.69 Å². The second kappa shape index (κ2) is 7.85. The summed E-state index contributed by atoms with van der Waals surface area (Å²) in [6.45, 7) is 0. The van der Waals surface area contributed by atoms with Crippen LogP contribution >= 0.6 is 23.8 Å². The minimum Gasteiger partial charge on any atom is -0.383 e. The first-order chi connectivity index (χ1) is 12.5. The molecule has 0 radical (unpaired) electrons. The minimum atomic E-state index is -0.454. The largest absolute Gasteiger partial charge is 0.383 e. The van der Waals surface area contributed by atoms with E-state index in [0.29, 0.717) is 5.02 Å². The highest BCUT2D eigenvalue weighted by Gasteiger charge is 2.16. The van der Waals surface area contributed by atoms with Gasteiger partial charge < -0.3 is 11.1 Å². The summed E-state index contributed by atoms with van der Waals surface area (Å²) in [6, 6.07) is 16.3. The molecule has 132 valence electrons. The van der Waals surface area contributed by atoms with Crippen molar-refractivity contribution in [2.45, 2.75) is 0 Å². The molecule has 2 aromatic carbocycles. The molecule has 3 rings (SSSR count). The predicted octanol–water partition coefficient (Wildman–Crippen LogP) is 2.74. The number of benzene rings is 2. The van der Waals surface area contributed by atoms with Gasteiger partial charge in [0, 0.05) is 10.7 Å². The molecule has 0 aliphatic rings. The molecule has 26 heavy (non-hydrogen) atoms. The molecule has 0 spiro atoms. The fourth-order valence-corrected chi connectivity index (χ4v) is 2.48. The number of halogens is 1. The molecule has 7 nitrogen and oxygen atoms in total.